The molecule has 0 saturated carbocycles. The number of amides is 1. The van der Waals surface area contributed by atoms with Gasteiger partial charge in [-0.3, -0.25) is 4.79 Å². The molecule has 1 aliphatic heterocycles. The molecule has 0 bridgehead atoms. The number of nitrogens with zero attached hydrogens (tertiary/aromatic N) is 1. The van der Waals surface area contributed by atoms with Gasteiger partial charge in [0.05, 0.1) is 6.04 Å². The Bertz CT molecular complexity index is 461. The van der Waals surface area contributed by atoms with Crippen molar-refractivity contribution in [3.05, 3.63) is 35.1 Å². The maximum Gasteiger partial charge on any atom is 0.223 e. The van der Waals surface area contributed by atoms with Gasteiger partial charge in [0.1, 0.15) is 5.82 Å². The zero-order chi connectivity index (χ0) is 13.3. The van der Waals surface area contributed by atoms with Crippen LogP contribution in [0.3, 0.4) is 0 Å². The van der Waals surface area contributed by atoms with Crippen LogP contribution in [0.15, 0.2) is 18.2 Å². The van der Waals surface area contributed by atoms with E-state index in [-0.39, 0.29) is 23.8 Å². The first-order valence-corrected chi connectivity index (χ1v) is 6.35. The smallest absolute Gasteiger partial charge is 0.223 e. The first kappa shape index (κ1) is 13.0. The van der Waals surface area contributed by atoms with Crippen LogP contribution >= 0.6 is 0 Å². The number of hydrogen-bond donors (Lipinski definition) is 1. The van der Waals surface area contributed by atoms with E-state index in [1.54, 1.807) is 17.0 Å². The van der Waals surface area contributed by atoms with Crippen LogP contribution in [-0.2, 0) is 4.79 Å². The highest BCUT2D eigenvalue weighted by molar-refractivity contribution is 5.78. The van der Waals surface area contributed by atoms with E-state index in [2.05, 4.69) is 0 Å². The van der Waals surface area contributed by atoms with Gasteiger partial charge < -0.3 is 10.6 Å². The van der Waals surface area contributed by atoms with Crippen LogP contribution in [0.5, 0.6) is 0 Å². The third kappa shape index (κ3) is 2.25. The number of carbonyl (C=O) groups is 1. The van der Waals surface area contributed by atoms with Gasteiger partial charge in [-0.1, -0.05) is 17.7 Å². The zero-order valence-electron chi connectivity index (χ0n) is 10.8. The Labute approximate surface area is 107 Å². The highest BCUT2D eigenvalue weighted by Gasteiger charge is 2.35. The molecular formula is C14H19FN2O. The number of aryl methyl sites for hydroxylation is 1. The van der Waals surface area contributed by atoms with Gasteiger partial charge in [-0.15, -0.1) is 0 Å². The van der Waals surface area contributed by atoms with Crippen molar-refractivity contribution < 1.29 is 9.18 Å². The molecule has 0 spiro atoms. The summed E-state index contributed by atoms with van der Waals surface area (Å²) in [6.45, 7) is 4.37. The van der Waals surface area contributed by atoms with Crippen LogP contribution in [0.25, 0.3) is 0 Å². The summed E-state index contributed by atoms with van der Waals surface area (Å²) in [5, 5.41) is 0. The number of nitrogens with two attached hydrogens (primary N) is 1. The van der Waals surface area contributed by atoms with Crippen LogP contribution in [0, 0.1) is 12.7 Å². The minimum atomic E-state index is -0.337. The van der Waals surface area contributed by atoms with E-state index in [1.807, 2.05) is 13.8 Å². The van der Waals surface area contributed by atoms with E-state index in [9.17, 15) is 9.18 Å². The highest BCUT2D eigenvalue weighted by atomic mass is 19.1. The molecule has 0 radical (unpaired) electrons. The quantitative estimate of drug-likeness (QED) is 0.874. The molecule has 0 aromatic heterocycles. The summed E-state index contributed by atoms with van der Waals surface area (Å²) >= 11 is 0. The Hall–Kier alpha value is -1.42. The van der Waals surface area contributed by atoms with Crippen LogP contribution in [0.2, 0.25) is 0 Å². The van der Waals surface area contributed by atoms with E-state index >= 15 is 0 Å². The summed E-state index contributed by atoms with van der Waals surface area (Å²) in [5.41, 5.74) is 7.62. The minimum Gasteiger partial charge on any atom is -0.334 e. The Morgan fingerprint density at radius 2 is 2.22 bits per heavy atom. The maximum atomic E-state index is 14.0. The first-order chi connectivity index (χ1) is 8.54. The fourth-order valence-corrected chi connectivity index (χ4v) is 2.64. The molecule has 1 saturated heterocycles. The number of likely N-dealkylation sites (N-methyl/N-ethyl adjacent to an activating group) is 1. The number of likely N-dealkylation sites (tertiary alicyclic amines) is 1. The molecule has 1 aromatic rings. The third-order valence-electron chi connectivity index (χ3n) is 3.56. The predicted octanol–water partition coefficient (Wildman–Crippen LogP) is 2.14. The second-order valence-electron chi connectivity index (χ2n) is 4.85. The van der Waals surface area contributed by atoms with Crippen LogP contribution in [0.4, 0.5) is 4.39 Å². The fraction of sp³-hybridized carbons (Fsp3) is 0.500. The average Bonchev–Trinajstić information content (AvgIpc) is 2.35. The van der Waals surface area contributed by atoms with E-state index in [1.165, 1.54) is 6.07 Å². The van der Waals surface area contributed by atoms with Gasteiger partial charge in [0.2, 0.25) is 5.91 Å². The highest BCUT2D eigenvalue weighted by Crippen LogP contribution is 2.32. The largest absolute Gasteiger partial charge is 0.334 e. The van der Waals surface area contributed by atoms with Gasteiger partial charge in [-0.05, 0) is 26.3 Å². The van der Waals surface area contributed by atoms with Crippen molar-refractivity contribution in [1.82, 2.24) is 4.90 Å². The third-order valence-corrected chi connectivity index (χ3v) is 3.56. The molecule has 18 heavy (non-hydrogen) atoms. The molecule has 4 heteroatoms. The van der Waals surface area contributed by atoms with Crippen molar-refractivity contribution >= 4 is 5.91 Å². The summed E-state index contributed by atoms with van der Waals surface area (Å²) in [6.07, 6.45) is 1.08. The molecular weight excluding hydrogens is 231 g/mol. The molecule has 2 N–H and O–H groups in total. The Balaban J connectivity index is 2.44. The predicted molar refractivity (Wildman–Crippen MR) is 68.5 cm³/mol. The SMILES string of the molecule is CCN1C(=O)CCC(N)C1c1cc(C)ccc1F. The Morgan fingerprint density at radius 1 is 1.50 bits per heavy atom. The van der Waals surface area contributed by atoms with Crippen molar-refractivity contribution in [2.75, 3.05) is 6.54 Å². The lowest BCUT2D eigenvalue weighted by atomic mass is 9.89. The second-order valence-corrected chi connectivity index (χ2v) is 4.85. The maximum absolute atomic E-state index is 14.0. The minimum absolute atomic E-state index is 0.0603. The number of piperidine rings is 1. The van der Waals surface area contributed by atoms with Gasteiger partial charge in [0.25, 0.3) is 0 Å². The molecule has 1 aliphatic rings. The van der Waals surface area contributed by atoms with Crippen molar-refractivity contribution in [2.45, 2.75) is 38.8 Å². The normalized spacial score (nSPS) is 24.4. The fourth-order valence-electron chi connectivity index (χ4n) is 2.64. The van der Waals surface area contributed by atoms with Crippen LogP contribution in [0.1, 0.15) is 36.9 Å². The lowest BCUT2D eigenvalue weighted by Crippen LogP contribution is -2.49. The van der Waals surface area contributed by atoms with E-state index < -0.39 is 0 Å². The van der Waals surface area contributed by atoms with E-state index in [0.717, 1.165) is 5.56 Å². The summed E-state index contributed by atoms with van der Waals surface area (Å²) in [6, 6.07) is 4.44. The molecule has 1 aromatic carbocycles. The molecule has 2 unspecified atom stereocenters. The summed E-state index contributed by atoms with van der Waals surface area (Å²) in [4.78, 5) is 13.6. The zero-order valence-corrected chi connectivity index (χ0v) is 10.8. The molecule has 2 atom stereocenters. The molecule has 1 amide bonds. The Morgan fingerprint density at radius 3 is 2.89 bits per heavy atom. The van der Waals surface area contributed by atoms with Crippen LogP contribution in [-0.4, -0.2) is 23.4 Å². The summed E-state index contributed by atoms with van der Waals surface area (Å²) in [7, 11) is 0. The summed E-state index contributed by atoms with van der Waals surface area (Å²) in [5.74, 6) is -0.223. The monoisotopic (exact) mass is 250 g/mol. The lowest BCUT2D eigenvalue weighted by molar-refractivity contribution is -0.137. The molecule has 0 aliphatic carbocycles. The van der Waals surface area contributed by atoms with Crippen molar-refractivity contribution in [3.63, 3.8) is 0 Å². The van der Waals surface area contributed by atoms with E-state index in [0.29, 0.717) is 24.9 Å². The van der Waals surface area contributed by atoms with Crippen molar-refractivity contribution in [1.29, 1.82) is 0 Å². The van der Waals surface area contributed by atoms with Gasteiger partial charge in [-0.2, -0.15) is 0 Å². The number of carbonyl (C=O) groups excluding carboxylic acids is 1. The van der Waals surface area contributed by atoms with Gasteiger partial charge in [0, 0.05) is 24.6 Å². The number of halogens is 1. The number of hydrogen-bond acceptors (Lipinski definition) is 2. The molecule has 1 fully saturated rings. The summed E-state index contributed by atoms with van der Waals surface area (Å²) < 4.78 is 14.0. The first-order valence-electron chi connectivity index (χ1n) is 6.35. The average molecular weight is 250 g/mol. The Kier molecular flexibility index (Phi) is 3.66. The van der Waals surface area contributed by atoms with Crippen molar-refractivity contribution in [2.24, 2.45) is 5.73 Å². The number of rotatable bonds is 2. The van der Waals surface area contributed by atoms with Crippen molar-refractivity contribution in [3.8, 4) is 0 Å². The van der Waals surface area contributed by atoms with Gasteiger partial charge in [0.15, 0.2) is 0 Å². The van der Waals surface area contributed by atoms with Crippen LogP contribution < -0.4 is 5.73 Å². The second kappa shape index (κ2) is 5.06. The number of benzene rings is 1. The lowest BCUT2D eigenvalue weighted by Gasteiger charge is -2.39. The molecule has 2 rings (SSSR count). The van der Waals surface area contributed by atoms with E-state index in [4.69, 9.17) is 5.73 Å². The molecule has 3 nitrogen and oxygen atoms in total. The topological polar surface area (TPSA) is 46.3 Å². The molecule has 98 valence electrons. The standard InChI is InChI=1S/C14H19FN2O/c1-3-17-13(18)7-6-12(16)14(17)10-8-9(2)4-5-11(10)15/h4-5,8,12,14H,3,6-7,16H2,1-2H3. The molecule has 1 heterocycles. The van der Waals surface area contributed by atoms with Gasteiger partial charge in [-0.25, -0.2) is 4.39 Å². The van der Waals surface area contributed by atoms with Gasteiger partial charge >= 0.3 is 0 Å².